The van der Waals surface area contributed by atoms with Crippen LogP contribution in [0.2, 0.25) is 0 Å². The number of benzene rings is 6. The van der Waals surface area contributed by atoms with E-state index in [9.17, 15) is 63.9 Å². The molecule has 2 N–H and O–H groups in total. The number of halogens is 8. The van der Waals surface area contributed by atoms with Crippen molar-refractivity contribution < 1.29 is 69.0 Å². The molecule has 0 atom stereocenters. The number of likely N-dealkylation sites (tertiary alicyclic amines) is 1. The molecule has 0 unspecified atom stereocenters. The van der Waals surface area contributed by atoms with Crippen molar-refractivity contribution in [3.8, 4) is 12.1 Å². The number of anilines is 2. The first kappa shape index (κ1) is 62.1. The van der Waals surface area contributed by atoms with Gasteiger partial charge in [0.15, 0.2) is 5.54 Å². The number of nitrogens with zero attached hydrogens (tertiary/aromatic N) is 7. The zero-order chi connectivity index (χ0) is 60.2. The van der Waals surface area contributed by atoms with E-state index < -0.39 is 88.9 Å². The number of nitriles is 2. The Kier molecular flexibility index (Phi) is 18.4. The van der Waals surface area contributed by atoms with Crippen LogP contribution in [0, 0.1) is 34.3 Å². The molecule has 15 nitrogen and oxygen atoms in total. The van der Waals surface area contributed by atoms with Gasteiger partial charge in [-0.2, -0.15) is 36.9 Å². The minimum Gasteiger partial charge on any atom is -0.478 e. The van der Waals surface area contributed by atoms with E-state index >= 15 is 0 Å². The molecule has 10 rings (SSSR count). The third kappa shape index (κ3) is 12.5. The summed E-state index contributed by atoms with van der Waals surface area (Å²) in [4.78, 5) is 83.8. The number of hydrogen-bond donors (Lipinski definition) is 2. The fourth-order valence-corrected chi connectivity index (χ4v) is 10.2. The van der Waals surface area contributed by atoms with Crippen molar-refractivity contribution >= 4 is 46.9 Å². The topological polar surface area (TPSA) is 198 Å². The zero-order valence-corrected chi connectivity index (χ0v) is 44.3. The number of rotatable bonds is 10. The standard InChI is InChI=1S/C30H24F4N4O3.C21H16F4N4O2.C9H10O2.CH4/c1-2-21-5-3-4-6-23(21)27(40)36-17-29(18-36)28(41)37(25-12-9-20(14-35)13-24(25)31)16-26(39)38(29)15-19-7-10-22(11-8-19)30(32,33)34;22-16-7-14(8-26)3-6-17(16)28-10-18(30)29(20(19(28)31)11-27-12-20)9-13-1-4-15(5-2-13)21(23,24)25;1-2-7-5-3-4-6-8(7)9(10)11;/h3-13H,2,15-18H2,1H3;1-7,27H,9-12H2;3-6H,2H2,1H3,(H,10,11);1H4. The van der Waals surface area contributed by atoms with Crippen LogP contribution in [0.3, 0.4) is 0 Å². The normalized spacial score (nSPS) is 16.0. The van der Waals surface area contributed by atoms with Crippen molar-refractivity contribution in [2.75, 3.05) is 49.1 Å². The Bertz CT molecular complexity index is 3590. The molecule has 6 aromatic rings. The highest BCUT2D eigenvalue weighted by Gasteiger charge is 2.61. The van der Waals surface area contributed by atoms with Crippen LogP contribution in [0.5, 0.6) is 0 Å². The number of carboxylic acids is 1. The van der Waals surface area contributed by atoms with Gasteiger partial charge >= 0.3 is 18.3 Å². The number of aromatic carboxylic acids is 1. The molecule has 4 aliphatic heterocycles. The van der Waals surface area contributed by atoms with Crippen LogP contribution in [-0.2, 0) is 57.5 Å². The average molecular weight is 1160 g/mol. The number of amides is 5. The van der Waals surface area contributed by atoms with Gasteiger partial charge in [0.1, 0.15) is 30.3 Å². The first-order chi connectivity index (χ1) is 39.4. The van der Waals surface area contributed by atoms with Crippen LogP contribution < -0.4 is 15.1 Å². The van der Waals surface area contributed by atoms with Crippen LogP contribution >= 0.6 is 0 Å². The minimum atomic E-state index is -4.54. The van der Waals surface area contributed by atoms with Crippen LogP contribution in [0.15, 0.2) is 133 Å². The van der Waals surface area contributed by atoms with Crippen molar-refractivity contribution in [2.45, 2.75) is 70.6 Å². The molecular formula is C61H54F8N8O7. The van der Waals surface area contributed by atoms with E-state index in [1.807, 2.05) is 44.2 Å². The summed E-state index contributed by atoms with van der Waals surface area (Å²) in [5.41, 5.74) is -1.25. The molecule has 0 aliphatic carbocycles. The number of aryl methyl sites for hydroxylation is 2. The van der Waals surface area contributed by atoms with Gasteiger partial charge in [-0.05, 0) is 108 Å². The minimum absolute atomic E-state index is 0. The lowest BCUT2D eigenvalue weighted by molar-refractivity contribution is -0.162. The highest BCUT2D eigenvalue weighted by atomic mass is 19.4. The SMILES string of the molecule is C.CCc1ccccc1C(=O)N1CC2(C1)C(=O)N(c1ccc(C#N)cc1F)CC(=O)N2Cc1ccc(C(F)(F)F)cc1.CCc1ccccc1C(=O)O.N#Cc1ccc(N2CC(=O)N(Cc3ccc(C(F)(F)F)cc3)C3(CNC3)C2=O)c(F)c1. The Hall–Kier alpha value is -9.48. The largest absolute Gasteiger partial charge is 0.478 e. The highest BCUT2D eigenvalue weighted by molar-refractivity contribution is 6.12. The number of nitrogens with one attached hydrogen (secondary N) is 1. The van der Waals surface area contributed by atoms with Gasteiger partial charge in [-0.15, -0.1) is 0 Å². The number of carbonyl (C=O) groups excluding carboxylic acids is 5. The predicted octanol–water partition coefficient (Wildman–Crippen LogP) is 9.57. The molecule has 0 bridgehead atoms. The second kappa shape index (κ2) is 24.9. The van der Waals surface area contributed by atoms with Gasteiger partial charge < -0.3 is 25.1 Å². The molecule has 2 spiro atoms. The Morgan fingerprint density at radius 1 is 0.583 bits per heavy atom. The van der Waals surface area contributed by atoms with Crippen molar-refractivity contribution in [3.63, 3.8) is 0 Å². The van der Waals surface area contributed by atoms with Crippen LogP contribution in [0.1, 0.15) is 86.5 Å². The summed E-state index contributed by atoms with van der Waals surface area (Å²) in [5.74, 6) is -4.95. The van der Waals surface area contributed by atoms with Gasteiger partial charge in [-0.1, -0.05) is 81.9 Å². The molecule has 4 saturated heterocycles. The number of carbonyl (C=O) groups is 6. The monoisotopic (exact) mass is 1160 g/mol. The summed E-state index contributed by atoms with van der Waals surface area (Å²) in [6, 6.07) is 33.6. The molecule has 4 aliphatic rings. The number of carboxylic acid groups (broad SMARTS) is 1. The third-order valence-electron chi connectivity index (χ3n) is 14.8. The molecule has 0 radical (unpaired) electrons. The number of piperazine rings is 2. The quantitative estimate of drug-likeness (QED) is 0.125. The van der Waals surface area contributed by atoms with Crippen molar-refractivity contribution in [1.82, 2.24) is 20.0 Å². The lowest BCUT2D eigenvalue weighted by Gasteiger charge is -2.58. The molecule has 23 heteroatoms. The fourth-order valence-electron chi connectivity index (χ4n) is 10.2. The molecular weight excluding hydrogens is 1110 g/mol. The average Bonchev–Trinajstić information content (AvgIpc) is 1.16. The molecule has 4 heterocycles. The molecule has 0 saturated carbocycles. The summed E-state index contributed by atoms with van der Waals surface area (Å²) in [7, 11) is 0. The van der Waals surface area contributed by atoms with Gasteiger partial charge in [0.2, 0.25) is 11.8 Å². The van der Waals surface area contributed by atoms with Gasteiger partial charge in [0.05, 0.1) is 64.4 Å². The summed E-state index contributed by atoms with van der Waals surface area (Å²) < 4.78 is 107. The van der Waals surface area contributed by atoms with Crippen LogP contribution in [-0.4, -0.2) is 106 Å². The smallest absolute Gasteiger partial charge is 0.416 e. The zero-order valence-electron chi connectivity index (χ0n) is 44.3. The van der Waals surface area contributed by atoms with E-state index in [1.54, 1.807) is 30.3 Å². The van der Waals surface area contributed by atoms with Crippen LogP contribution in [0.25, 0.3) is 0 Å². The maximum Gasteiger partial charge on any atom is 0.416 e. The molecule has 84 heavy (non-hydrogen) atoms. The Balaban J connectivity index is 0.000000207. The van der Waals surface area contributed by atoms with E-state index in [2.05, 4.69) is 5.32 Å². The second-order valence-electron chi connectivity index (χ2n) is 19.8. The van der Waals surface area contributed by atoms with Crippen molar-refractivity contribution in [2.24, 2.45) is 0 Å². The van der Waals surface area contributed by atoms with Gasteiger partial charge in [0.25, 0.3) is 17.7 Å². The number of hydrogen-bond acceptors (Lipinski definition) is 9. The molecule has 5 amide bonds. The Morgan fingerprint density at radius 2 is 0.976 bits per heavy atom. The molecule has 436 valence electrons. The fraction of sp³-hybridized carbons (Fsp3) is 0.279. The maximum absolute atomic E-state index is 15.0. The van der Waals surface area contributed by atoms with E-state index in [4.69, 9.17) is 15.6 Å². The second-order valence-corrected chi connectivity index (χ2v) is 19.8. The third-order valence-corrected chi connectivity index (χ3v) is 14.8. The first-order valence-electron chi connectivity index (χ1n) is 25.7. The lowest BCUT2D eigenvalue weighted by Crippen LogP contribution is -2.81. The molecule has 4 fully saturated rings. The summed E-state index contributed by atoms with van der Waals surface area (Å²) in [6.45, 7) is 2.63. The molecule has 6 aromatic carbocycles. The van der Waals surface area contributed by atoms with Crippen molar-refractivity contribution in [3.05, 3.63) is 201 Å². The summed E-state index contributed by atoms with van der Waals surface area (Å²) in [6.07, 6.45) is -7.64. The highest BCUT2D eigenvalue weighted by Crippen LogP contribution is 2.40. The van der Waals surface area contributed by atoms with Gasteiger partial charge in [-0.25, -0.2) is 13.6 Å². The Labute approximate surface area is 477 Å². The number of alkyl halides is 6. The summed E-state index contributed by atoms with van der Waals surface area (Å²) in [5, 5.41) is 29.6. The predicted molar refractivity (Wildman–Crippen MR) is 290 cm³/mol. The Morgan fingerprint density at radius 3 is 1.33 bits per heavy atom. The van der Waals surface area contributed by atoms with E-state index in [-0.39, 0.29) is 75.1 Å². The van der Waals surface area contributed by atoms with Gasteiger partial charge in [0, 0.05) is 31.7 Å². The van der Waals surface area contributed by atoms with Crippen molar-refractivity contribution in [1.29, 1.82) is 10.5 Å². The maximum atomic E-state index is 15.0. The summed E-state index contributed by atoms with van der Waals surface area (Å²) >= 11 is 0. The van der Waals surface area contributed by atoms with E-state index in [0.29, 0.717) is 28.7 Å². The van der Waals surface area contributed by atoms with E-state index in [0.717, 1.165) is 63.7 Å². The van der Waals surface area contributed by atoms with Crippen LogP contribution in [0.4, 0.5) is 46.5 Å². The molecule has 0 aromatic heterocycles. The lowest BCUT2D eigenvalue weighted by atomic mass is 9.82. The van der Waals surface area contributed by atoms with Gasteiger partial charge in [-0.3, -0.25) is 33.8 Å². The first-order valence-corrected chi connectivity index (χ1v) is 25.7. The van der Waals surface area contributed by atoms with E-state index in [1.165, 1.54) is 63.2 Å².